The van der Waals surface area contributed by atoms with Crippen molar-refractivity contribution in [1.82, 2.24) is 14.5 Å². The lowest BCUT2D eigenvalue weighted by atomic mass is 10.1. The van der Waals surface area contributed by atoms with Crippen molar-refractivity contribution in [2.24, 2.45) is 5.73 Å². The molecule has 0 atom stereocenters. The zero-order valence-corrected chi connectivity index (χ0v) is 10.9. The number of hydrogen-bond acceptors (Lipinski definition) is 3. The summed E-state index contributed by atoms with van der Waals surface area (Å²) in [6, 6.07) is 10.3. The first-order valence-electron chi connectivity index (χ1n) is 6.33. The molecule has 2 N–H and O–H groups in total. The normalized spacial score (nSPS) is 11.1. The van der Waals surface area contributed by atoms with Crippen LogP contribution in [0.1, 0.15) is 17.1 Å². The van der Waals surface area contributed by atoms with Crippen molar-refractivity contribution in [2.45, 2.75) is 20.0 Å². The number of benzene rings is 1. The van der Waals surface area contributed by atoms with E-state index >= 15 is 0 Å². The van der Waals surface area contributed by atoms with Gasteiger partial charge in [-0.15, -0.1) is 0 Å². The maximum atomic E-state index is 5.70. The van der Waals surface area contributed by atoms with Crippen LogP contribution in [0.25, 0.3) is 10.9 Å². The summed E-state index contributed by atoms with van der Waals surface area (Å²) in [4.78, 5) is 8.81. The van der Waals surface area contributed by atoms with Crippen molar-refractivity contribution in [1.29, 1.82) is 0 Å². The summed E-state index contributed by atoms with van der Waals surface area (Å²) in [7, 11) is 0. The lowest BCUT2D eigenvalue weighted by Crippen LogP contribution is -2.09. The predicted octanol–water partition coefficient (Wildman–Crippen LogP) is 2.25. The monoisotopic (exact) mass is 252 g/mol. The lowest BCUT2D eigenvalue weighted by molar-refractivity contribution is 0.726. The summed E-state index contributed by atoms with van der Waals surface area (Å²) in [6.45, 7) is 3.25. The van der Waals surface area contributed by atoms with Gasteiger partial charge in [-0.1, -0.05) is 18.2 Å². The van der Waals surface area contributed by atoms with Gasteiger partial charge >= 0.3 is 0 Å². The maximum Gasteiger partial charge on any atom is 0.122 e. The minimum absolute atomic E-state index is 0.453. The molecule has 1 aromatic carbocycles. The molecule has 2 heterocycles. The third-order valence-electron chi connectivity index (χ3n) is 3.25. The number of nitrogens with zero attached hydrogens (tertiary/aromatic N) is 3. The van der Waals surface area contributed by atoms with Gasteiger partial charge in [-0.25, -0.2) is 4.98 Å². The maximum absolute atomic E-state index is 5.70. The number of aromatic nitrogens is 3. The van der Waals surface area contributed by atoms with E-state index in [0.717, 1.165) is 23.6 Å². The van der Waals surface area contributed by atoms with Crippen LogP contribution >= 0.6 is 0 Å². The molecular formula is C15H16N4. The van der Waals surface area contributed by atoms with Crippen LogP contribution in [-0.4, -0.2) is 14.5 Å². The molecular weight excluding hydrogens is 236 g/mol. The Morgan fingerprint density at radius 1 is 1.26 bits per heavy atom. The molecule has 0 saturated heterocycles. The summed E-state index contributed by atoms with van der Waals surface area (Å²) < 4.78 is 2.08. The molecule has 0 aliphatic carbocycles. The average Bonchev–Trinajstić information content (AvgIpc) is 2.86. The van der Waals surface area contributed by atoms with Crippen molar-refractivity contribution < 1.29 is 0 Å². The predicted molar refractivity (Wildman–Crippen MR) is 75.7 cm³/mol. The van der Waals surface area contributed by atoms with E-state index in [1.807, 2.05) is 31.3 Å². The van der Waals surface area contributed by atoms with E-state index in [4.69, 9.17) is 5.73 Å². The van der Waals surface area contributed by atoms with E-state index < -0.39 is 0 Å². The molecule has 3 rings (SSSR count). The minimum Gasteiger partial charge on any atom is -0.329 e. The van der Waals surface area contributed by atoms with Crippen molar-refractivity contribution in [3.8, 4) is 0 Å². The highest BCUT2D eigenvalue weighted by Gasteiger charge is 2.06. The van der Waals surface area contributed by atoms with Gasteiger partial charge in [0.1, 0.15) is 5.82 Å². The Hall–Kier alpha value is -2.20. The highest BCUT2D eigenvalue weighted by atomic mass is 15.1. The summed E-state index contributed by atoms with van der Waals surface area (Å²) in [5.74, 6) is 0.901. The first-order valence-corrected chi connectivity index (χ1v) is 6.33. The second-order valence-corrected chi connectivity index (χ2v) is 4.62. The van der Waals surface area contributed by atoms with Gasteiger partial charge in [0.2, 0.25) is 0 Å². The SMILES string of the molecule is Cc1cc(Cn2ccnc2CN)c2ccccc2n1. The van der Waals surface area contributed by atoms with Gasteiger partial charge in [0.25, 0.3) is 0 Å². The van der Waals surface area contributed by atoms with Crippen molar-refractivity contribution in [2.75, 3.05) is 0 Å². The number of rotatable bonds is 3. The summed E-state index contributed by atoms with van der Waals surface area (Å²) in [5.41, 5.74) is 9.01. The standard InChI is InChI=1S/C15H16N4/c1-11-8-12(10-19-7-6-17-15(19)9-16)13-4-2-3-5-14(13)18-11/h2-8H,9-10,16H2,1H3. The lowest BCUT2D eigenvalue weighted by Gasteiger charge is -2.10. The molecule has 0 bridgehead atoms. The minimum atomic E-state index is 0.453. The van der Waals surface area contributed by atoms with Gasteiger partial charge < -0.3 is 10.3 Å². The molecule has 0 spiro atoms. The fraction of sp³-hybridized carbons (Fsp3) is 0.200. The summed E-state index contributed by atoms with van der Waals surface area (Å²) in [5, 5.41) is 1.18. The highest BCUT2D eigenvalue weighted by Crippen LogP contribution is 2.19. The third-order valence-corrected chi connectivity index (χ3v) is 3.25. The van der Waals surface area contributed by atoms with Gasteiger partial charge in [0.15, 0.2) is 0 Å². The van der Waals surface area contributed by atoms with E-state index in [2.05, 4.69) is 26.7 Å². The van der Waals surface area contributed by atoms with Crippen LogP contribution in [0.5, 0.6) is 0 Å². The molecule has 0 aliphatic heterocycles. The van der Waals surface area contributed by atoms with Crippen LogP contribution < -0.4 is 5.73 Å². The largest absolute Gasteiger partial charge is 0.329 e. The topological polar surface area (TPSA) is 56.7 Å². The average molecular weight is 252 g/mol. The molecule has 0 amide bonds. The van der Waals surface area contributed by atoms with Crippen molar-refractivity contribution in [3.05, 3.63) is 59.8 Å². The quantitative estimate of drug-likeness (QED) is 0.777. The Bertz CT molecular complexity index is 715. The van der Waals surface area contributed by atoms with Gasteiger partial charge in [-0.05, 0) is 24.6 Å². The fourth-order valence-electron chi connectivity index (χ4n) is 2.38. The number of imidazole rings is 1. The van der Waals surface area contributed by atoms with Crippen LogP contribution in [0.2, 0.25) is 0 Å². The Balaban J connectivity index is 2.10. The molecule has 3 aromatic rings. The van der Waals surface area contributed by atoms with Gasteiger partial charge in [-0.3, -0.25) is 4.98 Å². The molecule has 0 aliphatic rings. The molecule has 19 heavy (non-hydrogen) atoms. The molecule has 0 unspecified atom stereocenters. The Kier molecular flexibility index (Phi) is 3.01. The number of para-hydroxylation sites is 1. The zero-order valence-electron chi connectivity index (χ0n) is 10.9. The molecule has 4 heteroatoms. The van der Waals surface area contributed by atoms with E-state index in [0.29, 0.717) is 6.54 Å². The number of pyridine rings is 1. The van der Waals surface area contributed by atoms with E-state index in [1.54, 1.807) is 6.20 Å². The Morgan fingerprint density at radius 3 is 2.95 bits per heavy atom. The van der Waals surface area contributed by atoms with Crippen LogP contribution in [0.4, 0.5) is 0 Å². The molecule has 0 saturated carbocycles. The molecule has 96 valence electrons. The number of fused-ring (bicyclic) bond motifs is 1. The van der Waals surface area contributed by atoms with Crippen LogP contribution in [0.15, 0.2) is 42.7 Å². The fourth-order valence-corrected chi connectivity index (χ4v) is 2.38. The Labute approximate surface area is 111 Å². The third kappa shape index (κ3) is 2.22. The number of nitrogens with two attached hydrogens (primary N) is 1. The molecule has 2 aromatic heterocycles. The van der Waals surface area contributed by atoms with Gasteiger partial charge in [-0.2, -0.15) is 0 Å². The summed E-state index contributed by atoms with van der Waals surface area (Å²) >= 11 is 0. The Morgan fingerprint density at radius 2 is 2.11 bits per heavy atom. The van der Waals surface area contributed by atoms with Crippen molar-refractivity contribution in [3.63, 3.8) is 0 Å². The van der Waals surface area contributed by atoms with Crippen LogP contribution in [0.3, 0.4) is 0 Å². The second-order valence-electron chi connectivity index (χ2n) is 4.62. The second kappa shape index (κ2) is 4.82. The first kappa shape index (κ1) is 11.9. The molecule has 4 nitrogen and oxygen atoms in total. The van der Waals surface area contributed by atoms with E-state index in [9.17, 15) is 0 Å². The van der Waals surface area contributed by atoms with Crippen molar-refractivity contribution >= 4 is 10.9 Å². The summed E-state index contributed by atoms with van der Waals surface area (Å²) in [6.07, 6.45) is 3.76. The number of hydrogen-bond donors (Lipinski definition) is 1. The van der Waals surface area contributed by atoms with Gasteiger partial charge in [0.05, 0.1) is 12.1 Å². The zero-order chi connectivity index (χ0) is 13.2. The van der Waals surface area contributed by atoms with Gasteiger partial charge in [0, 0.05) is 30.0 Å². The molecule has 0 radical (unpaired) electrons. The smallest absolute Gasteiger partial charge is 0.122 e. The van der Waals surface area contributed by atoms with E-state index in [-0.39, 0.29) is 0 Å². The van der Waals surface area contributed by atoms with E-state index in [1.165, 1.54) is 10.9 Å². The van der Waals surface area contributed by atoms with Crippen LogP contribution in [0, 0.1) is 6.92 Å². The highest BCUT2D eigenvalue weighted by molar-refractivity contribution is 5.82. The van der Waals surface area contributed by atoms with Crippen LogP contribution in [-0.2, 0) is 13.1 Å². The molecule has 0 fully saturated rings. The first-order chi connectivity index (χ1) is 9.28. The number of aryl methyl sites for hydroxylation is 1.